The van der Waals surface area contributed by atoms with Crippen molar-refractivity contribution in [2.24, 2.45) is 0 Å². The van der Waals surface area contributed by atoms with Crippen LogP contribution in [0.25, 0.3) is 11.1 Å². The summed E-state index contributed by atoms with van der Waals surface area (Å²) >= 11 is 0. The van der Waals surface area contributed by atoms with Gasteiger partial charge in [-0.15, -0.1) is 0 Å². The predicted octanol–water partition coefficient (Wildman–Crippen LogP) is 5.80. The minimum absolute atomic E-state index is 0.0479. The second-order valence-corrected chi connectivity index (χ2v) is 7.63. The van der Waals surface area contributed by atoms with Crippen LogP contribution in [0.4, 0.5) is 26.3 Å². The Labute approximate surface area is 215 Å². The number of allylic oxidation sites excluding steroid dienone is 1. The Hall–Kier alpha value is -3.83. The maximum absolute atomic E-state index is 14.3. The highest BCUT2D eigenvalue weighted by Crippen LogP contribution is 2.42. The van der Waals surface area contributed by atoms with E-state index >= 15 is 0 Å². The van der Waals surface area contributed by atoms with Gasteiger partial charge in [0, 0.05) is 18.7 Å². The van der Waals surface area contributed by atoms with Crippen molar-refractivity contribution >= 4 is 17.1 Å². The Kier molecular flexibility index (Phi) is 11.4. The van der Waals surface area contributed by atoms with Gasteiger partial charge in [0.1, 0.15) is 12.4 Å². The van der Waals surface area contributed by atoms with Crippen molar-refractivity contribution in [1.29, 1.82) is 0 Å². The molecule has 3 rings (SSSR count). The van der Waals surface area contributed by atoms with Gasteiger partial charge < -0.3 is 20.3 Å². The molecule has 38 heavy (non-hydrogen) atoms. The number of aliphatic carboxylic acids is 1. The molecule has 0 bridgehead atoms. The van der Waals surface area contributed by atoms with Gasteiger partial charge in [0.15, 0.2) is 0 Å². The molecule has 0 aliphatic carbocycles. The molecule has 0 amide bonds. The van der Waals surface area contributed by atoms with E-state index in [1.807, 2.05) is 0 Å². The molecular formula is C27H25F6NO4. The first-order valence-corrected chi connectivity index (χ1v) is 11.2. The van der Waals surface area contributed by atoms with E-state index in [0.717, 1.165) is 0 Å². The molecule has 0 atom stereocenters. The number of hydrogen-bond acceptors (Lipinski definition) is 4. The van der Waals surface area contributed by atoms with Crippen molar-refractivity contribution in [2.45, 2.75) is 12.4 Å². The Balaban J connectivity index is 0.000000638. The van der Waals surface area contributed by atoms with Gasteiger partial charge in [-0.05, 0) is 28.8 Å². The number of carbonyl (C=O) groups is 1. The van der Waals surface area contributed by atoms with Crippen LogP contribution in [0.2, 0.25) is 0 Å². The van der Waals surface area contributed by atoms with Crippen LogP contribution in [-0.2, 0) is 4.79 Å². The van der Waals surface area contributed by atoms with Gasteiger partial charge >= 0.3 is 18.3 Å². The minimum Gasteiger partial charge on any atom is -0.492 e. The Morgan fingerprint density at radius 1 is 0.711 bits per heavy atom. The number of alkyl halides is 6. The molecule has 0 spiro atoms. The summed E-state index contributed by atoms with van der Waals surface area (Å²) in [5.41, 5.74) is 0.495. The summed E-state index contributed by atoms with van der Waals surface area (Å²) in [6, 6.07) is 23.1. The van der Waals surface area contributed by atoms with Crippen LogP contribution in [0.3, 0.4) is 0 Å². The number of carboxylic acid groups (broad SMARTS) is 1. The van der Waals surface area contributed by atoms with Crippen LogP contribution < -0.4 is 10.1 Å². The summed E-state index contributed by atoms with van der Waals surface area (Å²) in [5.74, 6) is -2.19. The predicted molar refractivity (Wildman–Crippen MR) is 130 cm³/mol. The molecule has 0 aliphatic heterocycles. The number of ether oxygens (including phenoxy) is 1. The van der Waals surface area contributed by atoms with Crippen LogP contribution in [-0.4, -0.2) is 54.8 Å². The lowest BCUT2D eigenvalue weighted by atomic mass is 9.89. The number of rotatable bonds is 9. The monoisotopic (exact) mass is 541 g/mol. The summed E-state index contributed by atoms with van der Waals surface area (Å²) < 4.78 is 80.2. The van der Waals surface area contributed by atoms with Gasteiger partial charge in [-0.25, -0.2) is 4.79 Å². The third-order valence-corrected chi connectivity index (χ3v) is 4.88. The topological polar surface area (TPSA) is 78.8 Å². The third kappa shape index (κ3) is 9.56. The van der Waals surface area contributed by atoms with Crippen LogP contribution in [0, 0.1) is 0 Å². The maximum Gasteiger partial charge on any atom is 0.490 e. The minimum atomic E-state index is -5.08. The number of hydrogen-bond donors (Lipinski definition) is 3. The molecule has 0 fully saturated rings. The van der Waals surface area contributed by atoms with Crippen LogP contribution >= 0.6 is 0 Å². The third-order valence-electron chi connectivity index (χ3n) is 4.88. The quantitative estimate of drug-likeness (QED) is 0.181. The molecule has 0 unspecified atom stereocenters. The number of benzene rings is 3. The van der Waals surface area contributed by atoms with E-state index in [1.54, 1.807) is 72.8 Å². The first-order chi connectivity index (χ1) is 17.9. The second-order valence-electron chi connectivity index (χ2n) is 7.63. The van der Waals surface area contributed by atoms with Crippen molar-refractivity contribution in [3.63, 3.8) is 0 Å². The number of aliphatic hydroxyl groups is 1. The fourth-order valence-electron chi connectivity index (χ4n) is 3.28. The van der Waals surface area contributed by atoms with Gasteiger partial charge in [-0.1, -0.05) is 72.8 Å². The van der Waals surface area contributed by atoms with Gasteiger partial charge in [-0.3, -0.25) is 0 Å². The number of aliphatic hydroxyl groups excluding tert-OH is 1. The molecule has 0 radical (unpaired) electrons. The van der Waals surface area contributed by atoms with Crippen molar-refractivity contribution < 1.29 is 46.1 Å². The highest BCUT2D eigenvalue weighted by Gasteiger charge is 2.39. The molecule has 5 nitrogen and oxygen atoms in total. The zero-order chi connectivity index (χ0) is 28.2. The summed E-state index contributed by atoms with van der Waals surface area (Å²) in [7, 11) is 0. The molecule has 0 heterocycles. The van der Waals surface area contributed by atoms with Crippen molar-refractivity contribution in [2.75, 3.05) is 26.3 Å². The molecule has 0 aliphatic rings. The standard InChI is InChI=1S/C25H24F3NO2.C2HF3O2/c26-25(27,28)24(21-9-5-2-6-10-21)23(19-7-3-1-4-8-19)20-11-13-22(14-12-20)31-18-16-29-15-17-30;3-2(4,5)1(6)7/h1-14,29-30H,15-18H2;(H,6,7)/b24-23+;. The lowest BCUT2D eigenvalue weighted by molar-refractivity contribution is -0.192. The zero-order valence-corrected chi connectivity index (χ0v) is 19.9. The number of carboxylic acids is 1. The van der Waals surface area contributed by atoms with E-state index in [9.17, 15) is 26.3 Å². The average Bonchev–Trinajstić information content (AvgIpc) is 2.88. The lowest BCUT2D eigenvalue weighted by Crippen LogP contribution is -2.23. The molecule has 0 aromatic heterocycles. The summed E-state index contributed by atoms with van der Waals surface area (Å²) in [6.45, 7) is 1.47. The molecule has 11 heteroatoms. The normalized spacial score (nSPS) is 12.2. The molecular weight excluding hydrogens is 516 g/mol. The maximum atomic E-state index is 14.3. The Morgan fingerprint density at radius 2 is 1.18 bits per heavy atom. The van der Waals surface area contributed by atoms with E-state index < -0.39 is 23.9 Å². The Bertz CT molecular complexity index is 1160. The highest BCUT2D eigenvalue weighted by atomic mass is 19.4. The zero-order valence-electron chi connectivity index (χ0n) is 19.9. The lowest BCUT2D eigenvalue weighted by Gasteiger charge is -2.20. The highest BCUT2D eigenvalue weighted by molar-refractivity contribution is 6.00. The first kappa shape index (κ1) is 30.4. The second kappa shape index (κ2) is 14.2. The van der Waals surface area contributed by atoms with Crippen LogP contribution in [0.15, 0.2) is 84.9 Å². The fraction of sp³-hybridized carbons (Fsp3) is 0.222. The molecule has 3 aromatic carbocycles. The molecule has 3 aromatic rings. The smallest absolute Gasteiger partial charge is 0.490 e. The van der Waals surface area contributed by atoms with E-state index in [-0.39, 0.29) is 17.7 Å². The SMILES string of the molecule is O=C(O)C(F)(F)F.OCCNCCOc1ccc(/C(=C(\c2ccccc2)C(F)(F)F)c2ccccc2)cc1. The molecule has 0 saturated heterocycles. The summed E-state index contributed by atoms with van der Waals surface area (Å²) in [5, 5.41) is 18.9. The van der Waals surface area contributed by atoms with Crippen LogP contribution in [0.1, 0.15) is 16.7 Å². The van der Waals surface area contributed by atoms with Crippen molar-refractivity contribution in [3.05, 3.63) is 102 Å². The van der Waals surface area contributed by atoms with Crippen molar-refractivity contribution in [3.8, 4) is 5.75 Å². The number of halogens is 6. The summed E-state index contributed by atoms with van der Waals surface area (Å²) in [6.07, 6.45) is -9.62. The number of nitrogens with one attached hydrogen (secondary N) is 1. The average molecular weight is 541 g/mol. The van der Waals surface area contributed by atoms with Crippen molar-refractivity contribution in [1.82, 2.24) is 5.32 Å². The van der Waals surface area contributed by atoms with Gasteiger partial charge in [0.2, 0.25) is 0 Å². The van der Waals surface area contributed by atoms with E-state index in [4.69, 9.17) is 19.7 Å². The van der Waals surface area contributed by atoms with Gasteiger partial charge in [-0.2, -0.15) is 26.3 Å². The Morgan fingerprint density at radius 3 is 1.63 bits per heavy atom. The van der Waals surface area contributed by atoms with E-state index in [0.29, 0.717) is 36.6 Å². The summed E-state index contributed by atoms with van der Waals surface area (Å²) in [4.78, 5) is 8.90. The molecule has 204 valence electrons. The van der Waals surface area contributed by atoms with E-state index in [2.05, 4.69) is 5.32 Å². The van der Waals surface area contributed by atoms with Gasteiger partial charge in [0.05, 0.1) is 12.2 Å². The van der Waals surface area contributed by atoms with Crippen LogP contribution in [0.5, 0.6) is 5.75 Å². The fourth-order valence-corrected chi connectivity index (χ4v) is 3.28. The molecule has 0 saturated carbocycles. The largest absolute Gasteiger partial charge is 0.492 e. The van der Waals surface area contributed by atoms with E-state index in [1.165, 1.54) is 12.1 Å². The first-order valence-electron chi connectivity index (χ1n) is 11.2. The molecule has 3 N–H and O–H groups in total. The van der Waals surface area contributed by atoms with Gasteiger partial charge in [0.25, 0.3) is 0 Å².